The molecule has 0 saturated carbocycles. The summed E-state index contributed by atoms with van der Waals surface area (Å²) in [5.41, 5.74) is 0. The maximum absolute atomic E-state index is 10.4. The standard InChI is InChI=1S/C18H27NO3/c1-2-3-4-5-6-7-8-9-10-11-12-13-14-15-16-18(17-20)19(21)22/h3-4,6-7,9-10,12-13,17-18H,2,5,8,11,14-16H2,1H3/b4-3+,7-6+,10-9+,13-12+. The van der Waals surface area contributed by atoms with Gasteiger partial charge in [0.2, 0.25) is 0 Å². The second-order valence-electron chi connectivity index (χ2n) is 4.92. The van der Waals surface area contributed by atoms with Gasteiger partial charge in [0.1, 0.15) is 0 Å². The summed E-state index contributed by atoms with van der Waals surface area (Å²) in [7, 11) is 0. The average Bonchev–Trinajstić information content (AvgIpc) is 2.51. The van der Waals surface area contributed by atoms with Crippen LogP contribution in [0.4, 0.5) is 0 Å². The molecule has 0 bridgehead atoms. The molecule has 22 heavy (non-hydrogen) atoms. The molecule has 1 atom stereocenters. The quantitative estimate of drug-likeness (QED) is 0.161. The summed E-state index contributed by atoms with van der Waals surface area (Å²) in [6.07, 6.45) is 23.0. The minimum Gasteiger partial charge on any atom is -0.296 e. The molecular formula is C18H27NO3. The van der Waals surface area contributed by atoms with Gasteiger partial charge in [-0.05, 0) is 38.5 Å². The summed E-state index contributed by atoms with van der Waals surface area (Å²) in [5.74, 6) is 0. The number of aldehydes is 1. The zero-order valence-electron chi connectivity index (χ0n) is 13.4. The maximum Gasteiger partial charge on any atom is 0.267 e. The van der Waals surface area contributed by atoms with Crippen LogP contribution in [0, 0.1) is 10.1 Å². The van der Waals surface area contributed by atoms with Gasteiger partial charge in [-0.3, -0.25) is 14.9 Å². The van der Waals surface area contributed by atoms with Gasteiger partial charge in [-0.1, -0.05) is 55.5 Å². The third-order valence-corrected chi connectivity index (χ3v) is 3.02. The first kappa shape index (κ1) is 20.0. The molecule has 0 rings (SSSR count). The number of nitrogens with zero attached hydrogens (tertiary/aromatic N) is 1. The maximum atomic E-state index is 10.4. The molecule has 0 spiro atoms. The van der Waals surface area contributed by atoms with Crippen molar-refractivity contribution in [3.63, 3.8) is 0 Å². The van der Waals surface area contributed by atoms with Crippen LogP contribution in [0.3, 0.4) is 0 Å². The summed E-state index contributed by atoms with van der Waals surface area (Å²) < 4.78 is 0. The summed E-state index contributed by atoms with van der Waals surface area (Å²) in [6, 6.07) is -1.05. The van der Waals surface area contributed by atoms with Crippen molar-refractivity contribution >= 4 is 6.29 Å². The first-order valence-electron chi connectivity index (χ1n) is 7.91. The highest BCUT2D eigenvalue weighted by molar-refractivity contribution is 5.55. The van der Waals surface area contributed by atoms with Gasteiger partial charge in [0.15, 0.2) is 6.29 Å². The van der Waals surface area contributed by atoms with Crippen LogP contribution < -0.4 is 0 Å². The van der Waals surface area contributed by atoms with E-state index >= 15 is 0 Å². The predicted octanol–water partition coefficient (Wildman–Crippen LogP) is 4.81. The number of unbranched alkanes of at least 4 members (excludes halogenated alkanes) is 1. The molecule has 0 aliphatic rings. The Kier molecular flexibility index (Phi) is 14.0. The Morgan fingerprint density at radius 3 is 1.86 bits per heavy atom. The van der Waals surface area contributed by atoms with Gasteiger partial charge in [-0.15, -0.1) is 0 Å². The molecule has 0 aromatic heterocycles. The number of carbonyl (C=O) groups is 1. The van der Waals surface area contributed by atoms with Crippen molar-refractivity contribution in [2.24, 2.45) is 0 Å². The minimum absolute atomic E-state index is 0.313. The molecule has 0 saturated heterocycles. The summed E-state index contributed by atoms with van der Waals surface area (Å²) >= 11 is 0. The molecule has 0 aromatic rings. The monoisotopic (exact) mass is 305 g/mol. The SMILES string of the molecule is CC/C=C/C/C=C/C/C=C/C/C=C/CCCC(C=O)[N+](=O)[O-]. The van der Waals surface area contributed by atoms with Gasteiger partial charge >= 0.3 is 0 Å². The van der Waals surface area contributed by atoms with E-state index in [9.17, 15) is 14.9 Å². The zero-order chi connectivity index (χ0) is 16.5. The highest BCUT2D eigenvalue weighted by atomic mass is 16.6. The van der Waals surface area contributed by atoms with Crippen LogP contribution in [-0.2, 0) is 4.79 Å². The first-order chi connectivity index (χ1) is 10.7. The lowest BCUT2D eigenvalue weighted by Crippen LogP contribution is -2.20. The summed E-state index contributed by atoms with van der Waals surface area (Å²) in [6.45, 7) is 2.12. The normalized spacial score (nSPS) is 13.7. The van der Waals surface area contributed by atoms with Gasteiger partial charge in [-0.25, -0.2) is 0 Å². The van der Waals surface area contributed by atoms with Crippen molar-refractivity contribution in [1.29, 1.82) is 0 Å². The van der Waals surface area contributed by atoms with E-state index in [4.69, 9.17) is 0 Å². The van der Waals surface area contributed by atoms with Gasteiger partial charge in [0.25, 0.3) is 6.04 Å². The van der Waals surface area contributed by atoms with E-state index in [0.29, 0.717) is 19.1 Å². The fourth-order valence-electron chi connectivity index (χ4n) is 1.77. The van der Waals surface area contributed by atoms with Crippen molar-refractivity contribution < 1.29 is 9.72 Å². The fourth-order valence-corrected chi connectivity index (χ4v) is 1.77. The fraction of sp³-hybridized carbons (Fsp3) is 0.500. The Bertz CT molecular complexity index is 409. The Labute approximate surface area is 133 Å². The molecule has 0 heterocycles. The smallest absolute Gasteiger partial charge is 0.267 e. The van der Waals surface area contributed by atoms with E-state index in [0.717, 1.165) is 32.1 Å². The van der Waals surface area contributed by atoms with Crippen LogP contribution >= 0.6 is 0 Å². The molecule has 0 N–H and O–H groups in total. The van der Waals surface area contributed by atoms with Crippen LogP contribution in [0.25, 0.3) is 0 Å². The summed E-state index contributed by atoms with van der Waals surface area (Å²) in [5, 5.41) is 10.4. The number of allylic oxidation sites excluding steroid dienone is 8. The van der Waals surface area contributed by atoms with Crippen molar-refractivity contribution in [1.82, 2.24) is 0 Å². The molecule has 0 aromatic carbocycles. The number of hydrogen-bond acceptors (Lipinski definition) is 3. The van der Waals surface area contributed by atoms with E-state index in [1.54, 1.807) is 0 Å². The predicted molar refractivity (Wildman–Crippen MR) is 91.4 cm³/mol. The Balaban J connectivity index is 3.57. The molecular weight excluding hydrogens is 278 g/mol. The Morgan fingerprint density at radius 1 is 0.909 bits per heavy atom. The third kappa shape index (κ3) is 13.0. The lowest BCUT2D eigenvalue weighted by Gasteiger charge is -1.99. The zero-order valence-corrected chi connectivity index (χ0v) is 13.4. The number of hydrogen-bond donors (Lipinski definition) is 0. The second-order valence-corrected chi connectivity index (χ2v) is 4.92. The molecule has 0 amide bonds. The van der Waals surface area contributed by atoms with Crippen molar-refractivity contribution in [3.05, 3.63) is 58.7 Å². The molecule has 122 valence electrons. The van der Waals surface area contributed by atoms with E-state index < -0.39 is 11.0 Å². The molecule has 4 heteroatoms. The Morgan fingerprint density at radius 2 is 1.41 bits per heavy atom. The van der Waals surface area contributed by atoms with Gasteiger partial charge < -0.3 is 0 Å². The van der Waals surface area contributed by atoms with Crippen LogP contribution in [0.2, 0.25) is 0 Å². The molecule has 0 radical (unpaired) electrons. The largest absolute Gasteiger partial charge is 0.296 e. The number of rotatable bonds is 13. The van der Waals surface area contributed by atoms with Gasteiger partial charge in [0, 0.05) is 11.3 Å². The van der Waals surface area contributed by atoms with Crippen LogP contribution in [0.1, 0.15) is 51.9 Å². The third-order valence-electron chi connectivity index (χ3n) is 3.02. The lowest BCUT2D eigenvalue weighted by atomic mass is 10.1. The Hall–Kier alpha value is -1.97. The molecule has 1 unspecified atom stereocenters. The first-order valence-corrected chi connectivity index (χ1v) is 7.91. The highest BCUT2D eigenvalue weighted by Crippen LogP contribution is 2.03. The van der Waals surface area contributed by atoms with E-state index in [1.165, 1.54) is 0 Å². The average molecular weight is 305 g/mol. The molecule has 0 fully saturated rings. The topological polar surface area (TPSA) is 60.2 Å². The second kappa shape index (κ2) is 15.4. The van der Waals surface area contributed by atoms with Gasteiger partial charge in [-0.2, -0.15) is 0 Å². The van der Waals surface area contributed by atoms with E-state index in [2.05, 4.69) is 43.4 Å². The summed E-state index contributed by atoms with van der Waals surface area (Å²) in [4.78, 5) is 20.3. The minimum atomic E-state index is -1.05. The highest BCUT2D eigenvalue weighted by Gasteiger charge is 2.16. The van der Waals surface area contributed by atoms with Crippen LogP contribution in [0.5, 0.6) is 0 Å². The molecule has 0 aliphatic carbocycles. The molecule has 4 nitrogen and oxygen atoms in total. The van der Waals surface area contributed by atoms with Crippen molar-refractivity contribution in [3.8, 4) is 0 Å². The van der Waals surface area contributed by atoms with E-state index in [1.807, 2.05) is 12.2 Å². The number of carbonyl (C=O) groups excluding carboxylic acids is 1. The lowest BCUT2D eigenvalue weighted by molar-refractivity contribution is -0.506. The molecule has 0 aliphatic heterocycles. The van der Waals surface area contributed by atoms with E-state index in [-0.39, 0.29) is 0 Å². The number of nitro groups is 1. The van der Waals surface area contributed by atoms with Crippen molar-refractivity contribution in [2.75, 3.05) is 0 Å². The van der Waals surface area contributed by atoms with Crippen molar-refractivity contribution in [2.45, 2.75) is 57.9 Å². The van der Waals surface area contributed by atoms with Gasteiger partial charge in [0.05, 0.1) is 0 Å². The van der Waals surface area contributed by atoms with Crippen LogP contribution in [0.15, 0.2) is 48.6 Å². The van der Waals surface area contributed by atoms with Crippen LogP contribution in [-0.4, -0.2) is 17.3 Å².